The van der Waals surface area contributed by atoms with E-state index in [-0.39, 0.29) is 24.3 Å². The van der Waals surface area contributed by atoms with Gasteiger partial charge in [0.05, 0.1) is 0 Å². The number of carbonyl (C=O) groups is 1. The van der Waals surface area contributed by atoms with Gasteiger partial charge in [-0.3, -0.25) is 4.79 Å². The van der Waals surface area contributed by atoms with Gasteiger partial charge < -0.3 is 19.9 Å². The first-order valence-corrected chi connectivity index (χ1v) is 8.95. The topological polar surface area (TPSA) is 67.8 Å². The third kappa shape index (κ3) is 5.21. The highest BCUT2D eigenvalue weighted by Gasteiger charge is 2.38. The first kappa shape index (κ1) is 18.3. The average Bonchev–Trinajstić information content (AvgIpc) is 3.35. The number of nitrogens with one attached hydrogen (secondary N) is 1. The second-order valence-electron chi connectivity index (χ2n) is 6.98. The van der Waals surface area contributed by atoms with Gasteiger partial charge in [0.15, 0.2) is 5.76 Å². The largest absolute Gasteiger partial charge is 0.459 e. The molecule has 0 aromatic rings. The summed E-state index contributed by atoms with van der Waals surface area (Å²) in [4.78, 5) is 12.4. The highest BCUT2D eigenvalue weighted by Crippen LogP contribution is 2.37. The van der Waals surface area contributed by atoms with Crippen LogP contribution < -0.4 is 5.32 Å². The number of allylic oxidation sites excluding steroid dienone is 1. The zero-order chi connectivity index (χ0) is 16.8. The molecule has 2 N–H and O–H groups in total. The van der Waals surface area contributed by atoms with Gasteiger partial charge in [0, 0.05) is 25.7 Å². The maximum atomic E-state index is 12.4. The molecule has 1 saturated carbocycles. The second kappa shape index (κ2) is 8.69. The van der Waals surface area contributed by atoms with Gasteiger partial charge in [-0.2, -0.15) is 0 Å². The van der Waals surface area contributed by atoms with Gasteiger partial charge >= 0.3 is 0 Å². The Morgan fingerprint density at radius 2 is 2.22 bits per heavy atom. The quantitative estimate of drug-likeness (QED) is 0.683. The van der Waals surface area contributed by atoms with Gasteiger partial charge in [-0.25, -0.2) is 0 Å². The molecule has 1 aliphatic carbocycles. The van der Waals surface area contributed by atoms with Crippen molar-refractivity contribution in [2.45, 2.75) is 52.7 Å². The number of carbonyl (C=O) groups excluding carboxylic acids is 1. The lowest BCUT2D eigenvalue weighted by molar-refractivity contribution is -0.175. The SMILES string of the molecule is CCO[C@@H]1OC(C(=O)NCC2CC2)=C[C@H](C(C)C)[C@@H]1CCCO. The normalized spacial score (nSPS) is 27.5. The molecule has 2 aliphatic rings. The molecule has 1 fully saturated rings. The number of rotatable bonds is 9. The fourth-order valence-corrected chi connectivity index (χ4v) is 3.17. The van der Waals surface area contributed by atoms with Crippen molar-refractivity contribution in [1.29, 1.82) is 0 Å². The number of aliphatic hydroxyl groups is 1. The molecule has 23 heavy (non-hydrogen) atoms. The lowest BCUT2D eigenvalue weighted by atomic mass is 9.78. The lowest BCUT2D eigenvalue weighted by Crippen LogP contribution is -2.41. The number of aliphatic hydroxyl groups excluding tert-OH is 1. The minimum Gasteiger partial charge on any atom is -0.459 e. The molecule has 0 unspecified atom stereocenters. The highest BCUT2D eigenvalue weighted by atomic mass is 16.7. The van der Waals surface area contributed by atoms with E-state index in [1.165, 1.54) is 12.8 Å². The number of ether oxygens (including phenoxy) is 2. The van der Waals surface area contributed by atoms with Crippen molar-refractivity contribution in [3.63, 3.8) is 0 Å². The predicted molar refractivity (Wildman–Crippen MR) is 88.5 cm³/mol. The molecule has 0 aromatic carbocycles. The molecule has 0 radical (unpaired) electrons. The fourth-order valence-electron chi connectivity index (χ4n) is 3.17. The monoisotopic (exact) mass is 325 g/mol. The van der Waals surface area contributed by atoms with Crippen LogP contribution in [-0.4, -0.2) is 37.1 Å². The highest BCUT2D eigenvalue weighted by molar-refractivity contribution is 5.91. The van der Waals surface area contributed by atoms with Crippen LogP contribution in [0.5, 0.6) is 0 Å². The third-order valence-electron chi connectivity index (χ3n) is 4.70. The Labute approximate surface area is 139 Å². The summed E-state index contributed by atoms with van der Waals surface area (Å²) in [6, 6.07) is 0. The molecule has 2 rings (SSSR count). The number of hydrogen-bond acceptors (Lipinski definition) is 4. The molecule has 0 aromatic heterocycles. The van der Waals surface area contributed by atoms with E-state index < -0.39 is 6.29 Å². The molecule has 0 bridgehead atoms. The Morgan fingerprint density at radius 3 is 2.78 bits per heavy atom. The van der Waals surface area contributed by atoms with E-state index in [2.05, 4.69) is 19.2 Å². The van der Waals surface area contributed by atoms with Gasteiger partial charge in [0.1, 0.15) is 0 Å². The Bertz CT molecular complexity index is 417. The zero-order valence-corrected chi connectivity index (χ0v) is 14.6. The van der Waals surface area contributed by atoms with Crippen molar-refractivity contribution in [1.82, 2.24) is 5.32 Å². The molecule has 1 heterocycles. The van der Waals surface area contributed by atoms with Gasteiger partial charge in [0.25, 0.3) is 5.91 Å². The molecule has 132 valence electrons. The molecule has 3 atom stereocenters. The van der Waals surface area contributed by atoms with Crippen LogP contribution in [0, 0.1) is 23.7 Å². The van der Waals surface area contributed by atoms with E-state index in [9.17, 15) is 4.79 Å². The molecule has 0 spiro atoms. The van der Waals surface area contributed by atoms with E-state index in [4.69, 9.17) is 14.6 Å². The average molecular weight is 325 g/mol. The van der Waals surface area contributed by atoms with E-state index >= 15 is 0 Å². The van der Waals surface area contributed by atoms with E-state index in [1.54, 1.807) is 0 Å². The van der Waals surface area contributed by atoms with E-state index in [0.717, 1.165) is 19.4 Å². The summed E-state index contributed by atoms with van der Waals surface area (Å²) in [6.07, 6.45) is 5.52. The lowest BCUT2D eigenvalue weighted by Gasteiger charge is -2.38. The van der Waals surface area contributed by atoms with Crippen molar-refractivity contribution in [3.05, 3.63) is 11.8 Å². The summed E-state index contributed by atoms with van der Waals surface area (Å²) in [5, 5.41) is 12.1. The van der Waals surface area contributed by atoms with Crippen LogP contribution in [-0.2, 0) is 14.3 Å². The maximum Gasteiger partial charge on any atom is 0.286 e. The van der Waals surface area contributed by atoms with Crippen molar-refractivity contribution >= 4 is 5.91 Å². The number of hydrogen-bond donors (Lipinski definition) is 2. The summed E-state index contributed by atoms with van der Waals surface area (Å²) >= 11 is 0. The Balaban J connectivity index is 2.09. The Morgan fingerprint density at radius 1 is 1.48 bits per heavy atom. The van der Waals surface area contributed by atoms with Gasteiger partial charge in [-0.05, 0) is 56.4 Å². The van der Waals surface area contributed by atoms with Crippen molar-refractivity contribution < 1.29 is 19.4 Å². The summed E-state index contributed by atoms with van der Waals surface area (Å²) in [6.45, 7) is 7.68. The predicted octanol–water partition coefficient (Wildman–Crippen LogP) is 2.45. The molecular formula is C18H31NO4. The van der Waals surface area contributed by atoms with E-state index in [0.29, 0.717) is 24.2 Å². The number of amides is 1. The summed E-state index contributed by atoms with van der Waals surface area (Å²) in [5.41, 5.74) is 0. The van der Waals surface area contributed by atoms with E-state index in [1.807, 2.05) is 13.0 Å². The molecular weight excluding hydrogens is 294 g/mol. The summed E-state index contributed by atoms with van der Waals surface area (Å²) < 4.78 is 11.6. The molecule has 5 nitrogen and oxygen atoms in total. The van der Waals surface area contributed by atoms with Gasteiger partial charge in [-0.1, -0.05) is 13.8 Å². The van der Waals surface area contributed by atoms with Crippen molar-refractivity contribution in [3.8, 4) is 0 Å². The fraction of sp³-hybridized carbons (Fsp3) is 0.833. The summed E-state index contributed by atoms with van der Waals surface area (Å²) in [7, 11) is 0. The van der Waals surface area contributed by atoms with Crippen LogP contribution in [0.25, 0.3) is 0 Å². The Kier molecular flexibility index (Phi) is 6.90. The standard InChI is InChI=1S/C18H31NO4/c1-4-22-18-14(6-5-9-20)15(12(2)3)10-16(23-18)17(21)19-11-13-7-8-13/h10,12-15,18,20H,4-9,11H2,1-3H3,(H,19,21)/t14-,15+,18+/m0/s1. The van der Waals surface area contributed by atoms with Crippen LogP contribution in [0.3, 0.4) is 0 Å². The van der Waals surface area contributed by atoms with Crippen molar-refractivity contribution in [2.24, 2.45) is 23.7 Å². The molecule has 5 heteroatoms. The molecule has 1 amide bonds. The van der Waals surface area contributed by atoms with Crippen LogP contribution in [0.1, 0.15) is 46.5 Å². The first-order chi connectivity index (χ1) is 11.1. The smallest absolute Gasteiger partial charge is 0.286 e. The zero-order valence-electron chi connectivity index (χ0n) is 14.6. The summed E-state index contributed by atoms with van der Waals surface area (Å²) in [5.74, 6) is 1.67. The van der Waals surface area contributed by atoms with Crippen LogP contribution in [0.2, 0.25) is 0 Å². The van der Waals surface area contributed by atoms with Crippen molar-refractivity contribution in [2.75, 3.05) is 19.8 Å². The Hall–Kier alpha value is -1.07. The first-order valence-electron chi connectivity index (χ1n) is 8.95. The third-order valence-corrected chi connectivity index (χ3v) is 4.70. The molecule has 0 saturated heterocycles. The minimum absolute atomic E-state index is 0.132. The van der Waals surface area contributed by atoms with Gasteiger partial charge in [-0.15, -0.1) is 0 Å². The minimum atomic E-state index is -0.411. The molecule has 1 aliphatic heterocycles. The second-order valence-corrected chi connectivity index (χ2v) is 6.98. The van der Waals surface area contributed by atoms with Crippen LogP contribution in [0.15, 0.2) is 11.8 Å². The van der Waals surface area contributed by atoms with Crippen LogP contribution in [0.4, 0.5) is 0 Å². The maximum absolute atomic E-state index is 12.4. The van der Waals surface area contributed by atoms with Gasteiger partial charge in [0.2, 0.25) is 6.29 Å². The van der Waals surface area contributed by atoms with Crippen LogP contribution >= 0.6 is 0 Å².